The average Bonchev–Trinajstić information content (AvgIpc) is 2.72. The Bertz CT molecular complexity index is 193. The van der Waals surface area contributed by atoms with E-state index < -0.39 is 0 Å². The summed E-state index contributed by atoms with van der Waals surface area (Å²) in [6.07, 6.45) is 6.90. The minimum atomic E-state index is 0.115. The number of nitrogens with one attached hydrogen (secondary N) is 1. The molecular formula is C11H19NO2. The summed E-state index contributed by atoms with van der Waals surface area (Å²) < 4.78 is 5.31. The first-order valence-corrected chi connectivity index (χ1v) is 5.74. The smallest absolute Gasteiger partial charge is 0.225 e. The van der Waals surface area contributed by atoms with E-state index >= 15 is 0 Å². The third-order valence-electron chi connectivity index (χ3n) is 3.23. The van der Waals surface area contributed by atoms with Gasteiger partial charge in [-0.3, -0.25) is 4.79 Å². The number of rotatable bonds is 2. The van der Waals surface area contributed by atoms with Gasteiger partial charge in [0.05, 0.1) is 12.5 Å². The van der Waals surface area contributed by atoms with Crippen LogP contribution in [0.4, 0.5) is 0 Å². The van der Waals surface area contributed by atoms with Gasteiger partial charge >= 0.3 is 0 Å². The molecule has 0 aromatic rings. The van der Waals surface area contributed by atoms with Crippen LogP contribution in [0.2, 0.25) is 0 Å². The molecule has 1 unspecified atom stereocenters. The molecule has 1 aliphatic heterocycles. The maximum absolute atomic E-state index is 11.8. The summed E-state index contributed by atoms with van der Waals surface area (Å²) in [4.78, 5) is 11.8. The molecule has 2 fully saturated rings. The molecule has 0 aromatic heterocycles. The lowest BCUT2D eigenvalue weighted by Crippen LogP contribution is -2.40. The summed E-state index contributed by atoms with van der Waals surface area (Å²) in [6.45, 7) is 1.45. The molecule has 0 spiro atoms. The van der Waals surface area contributed by atoms with Crippen LogP contribution in [-0.4, -0.2) is 25.2 Å². The van der Waals surface area contributed by atoms with Gasteiger partial charge in [-0.25, -0.2) is 0 Å². The predicted molar refractivity (Wildman–Crippen MR) is 53.9 cm³/mol. The quantitative estimate of drug-likeness (QED) is 0.728. The minimum Gasteiger partial charge on any atom is -0.381 e. The van der Waals surface area contributed by atoms with Gasteiger partial charge in [0.15, 0.2) is 0 Å². The molecule has 3 nitrogen and oxygen atoms in total. The fourth-order valence-electron chi connectivity index (χ4n) is 2.34. The van der Waals surface area contributed by atoms with Crippen LogP contribution >= 0.6 is 0 Å². The predicted octanol–water partition coefficient (Wildman–Crippen LogP) is 1.47. The van der Waals surface area contributed by atoms with Crippen molar-refractivity contribution < 1.29 is 9.53 Å². The lowest BCUT2D eigenvalue weighted by molar-refractivity contribution is -0.129. The second-order valence-corrected chi connectivity index (χ2v) is 4.40. The number of hydrogen-bond acceptors (Lipinski definition) is 2. The van der Waals surface area contributed by atoms with E-state index in [0.29, 0.717) is 12.6 Å². The van der Waals surface area contributed by atoms with E-state index in [1.807, 2.05) is 0 Å². The summed E-state index contributed by atoms with van der Waals surface area (Å²) in [5, 5.41) is 3.13. The van der Waals surface area contributed by atoms with Gasteiger partial charge < -0.3 is 10.1 Å². The molecule has 0 aromatic carbocycles. The lowest BCUT2D eigenvalue weighted by Gasteiger charge is -2.23. The average molecular weight is 197 g/mol. The Morgan fingerprint density at radius 1 is 1.14 bits per heavy atom. The van der Waals surface area contributed by atoms with Gasteiger partial charge in [0.2, 0.25) is 5.91 Å². The maximum atomic E-state index is 11.8. The van der Waals surface area contributed by atoms with Crippen molar-refractivity contribution in [3.63, 3.8) is 0 Å². The number of carbonyl (C=O) groups excluding carboxylic acids is 1. The molecule has 1 heterocycles. The minimum absolute atomic E-state index is 0.115. The second kappa shape index (κ2) is 4.78. The summed E-state index contributed by atoms with van der Waals surface area (Å²) in [5.74, 6) is 0.334. The Hall–Kier alpha value is -0.570. The van der Waals surface area contributed by atoms with Crippen LogP contribution in [0.25, 0.3) is 0 Å². The Morgan fingerprint density at radius 3 is 2.57 bits per heavy atom. The molecule has 1 atom stereocenters. The van der Waals surface area contributed by atoms with Crippen LogP contribution in [-0.2, 0) is 9.53 Å². The summed E-state index contributed by atoms with van der Waals surface area (Å²) >= 11 is 0. The molecule has 2 aliphatic rings. The first-order chi connectivity index (χ1) is 6.86. The van der Waals surface area contributed by atoms with E-state index in [2.05, 4.69) is 5.32 Å². The third kappa shape index (κ3) is 2.47. The molecule has 1 saturated carbocycles. The van der Waals surface area contributed by atoms with Gasteiger partial charge in [-0.05, 0) is 25.7 Å². The van der Waals surface area contributed by atoms with Gasteiger partial charge in [0.1, 0.15) is 0 Å². The van der Waals surface area contributed by atoms with Crippen LogP contribution < -0.4 is 5.32 Å². The zero-order chi connectivity index (χ0) is 9.80. The fourth-order valence-corrected chi connectivity index (χ4v) is 2.34. The Morgan fingerprint density at radius 2 is 1.93 bits per heavy atom. The molecule has 14 heavy (non-hydrogen) atoms. The van der Waals surface area contributed by atoms with Crippen molar-refractivity contribution in [3.05, 3.63) is 0 Å². The van der Waals surface area contributed by atoms with Gasteiger partial charge in [0.25, 0.3) is 0 Å². The highest BCUT2D eigenvalue weighted by Gasteiger charge is 2.25. The second-order valence-electron chi connectivity index (χ2n) is 4.40. The normalized spacial score (nSPS) is 29.0. The molecule has 1 amide bonds. The Balaban J connectivity index is 1.75. The maximum Gasteiger partial charge on any atom is 0.225 e. The lowest BCUT2D eigenvalue weighted by atomic mass is 10.0. The van der Waals surface area contributed by atoms with Crippen LogP contribution in [0, 0.1) is 5.92 Å². The van der Waals surface area contributed by atoms with Crippen molar-refractivity contribution in [3.8, 4) is 0 Å². The fraction of sp³-hybridized carbons (Fsp3) is 0.909. The van der Waals surface area contributed by atoms with Crippen molar-refractivity contribution in [1.29, 1.82) is 0 Å². The number of ether oxygens (including phenoxy) is 1. The molecule has 80 valence electrons. The Kier molecular flexibility index (Phi) is 3.40. The zero-order valence-corrected chi connectivity index (χ0v) is 8.63. The van der Waals surface area contributed by atoms with E-state index in [1.54, 1.807) is 0 Å². The molecular weight excluding hydrogens is 178 g/mol. The van der Waals surface area contributed by atoms with Gasteiger partial charge in [-0.1, -0.05) is 12.8 Å². The van der Waals surface area contributed by atoms with Gasteiger partial charge in [0, 0.05) is 12.6 Å². The molecule has 1 N–H and O–H groups in total. The van der Waals surface area contributed by atoms with Crippen molar-refractivity contribution in [1.82, 2.24) is 5.32 Å². The first kappa shape index (κ1) is 9.97. The SMILES string of the molecule is O=C(NC1CCCC1)C1CCCOC1. The number of hydrogen-bond donors (Lipinski definition) is 1. The van der Waals surface area contributed by atoms with Crippen LogP contribution in [0.5, 0.6) is 0 Å². The largest absolute Gasteiger partial charge is 0.381 e. The topological polar surface area (TPSA) is 38.3 Å². The van der Waals surface area contributed by atoms with Crippen LogP contribution in [0.15, 0.2) is 0 Å². The highest BCUT2D eigenvalue weighted by atomic mass is 16.5. The van der Waals surface area contributed by atoms with E-state index in [0.717, 1.165) is 19.4 Å². The molecule has 0 radical (unpaired) electrons. The monoisotopic (exact) mass is 197 g/mol. The molecule has 1 aliphatic carbocycles. The summed E-state index contributed by atoms with van der Waals surface area (Å²) in [7, 11) is 0. The Labute approximate surface area is 85.2 Å². The van der Waals surface area contributed by atoms with Crippen molar-refractivity contribution in [2.24, 2.45) is 5.92 Å². The number of amides is 1. The van der Waals surface area contributed by atoms with Crippen molar-refractivity contribution in [2.45, 2.75) is 44.6 Å². The van der Waals surface area contributed by atoms with Crippen LogP contribution in [0.3, 0.4) is 0 Å². The first-order valence-electron chi connectivity index (χ1n) is 5.74. The van der Waals surface area contributed by atoms with E-state index in [1.165, 1.54) is 25.7 Å². The van der Waals surface area contributed by atoms with Gasteiger partial charge in [-0.15, -0.1) is 0 Å². The van der Waals surface area contributed by atoms with E-state index in [9.17, 15) is 4.79 Å². The highest BCUT2D eigenvalue weighted by molar-refractivity contribution is 5.79. The highest BCUT2D eigenvalue weighted by Crippen LogP contribution is 2.19. The third-order valence-corrected chi connectivity index (χ3v) is 3.23. The molecule has 1 saturated heterocycles. The summed E-state index contributed by atoms with van der Waals surface area (Å²) in [5.41, 5.74) is 0. The van der Waals surface area contributed by atoms with Crippen molar-refractivity contribution >= 4 is 5.91 Å². The van der Waals surface area contributed by atoms with Crippen molar-refractivity contribution in [2.75, 3.05) is 13.2 Å². The molecule has 3 heteroatoms. The number of carbonyl (C=O) groups is 1. The van der Waals surface area contributed by atoms with Gasteiger partial charge in [-0.2, -0.15) is 0 Å². The van der Waals surface area contributed by atoms with Crippen LogP contribution in [0.1, 0.15) is 38.5 Å². The van der Waals surface area contributed by atoms with E-state index in [-0.39, 0.29) is 11.8 Å². The zero-order valence-electron chi connectivity index (χ0n) is 8.63. The summed E-state index contributed by atoms with van der Waals surface area (Å²) in [6, 6.07) is 0.449. The van der Waals surface area contributed by atoms with E-state index in [4.69, 9.17) is 4.74 Å². The molecule has 2 rings (SSSR count). The standard InChI is InChI=1S/C11H19NO2/c13-11(9-4-3-7-14-8-9)12-10-5-1-2-6-10/h9-10H,1-8H2,(H,12,13). The molecule has 0 bridgehead atoms.